The van der Waals surface area contributed by atoms with Crippen LogP contribution in [0.15, 0.2) is 42.5 Å². The van der Waals surface area contributed by atoms with Crippen LogP contribution in [0.1, 0.15) is 22.8 Å². The summed E-state index contributed by atoms with van der Waals surface area (Å²) in [5.41, 5.74) is 0.0399. The van der Waals surface area contributed by atoms with Gasteiger partial charge in [0.25, 0.3) is 0 Å². The number of hydrogen-bond acceptors (Lipinski definition) is 1. The molecule has 0 aliphatic heterocycles. The van der Waals surface area contributed by atoms with Gasteiger partial charge < -0.3 is 5.11 Å². The molecule has 0 spiro atoms. The minimum Gasteiger partial charge on any atom is -0.384 e. The Morgan fingerprint density at radius 1 is 0.850 bits per heavy atom. The zero-order chi connectivity index (χ0) is 14.9. The van der Waals surface area contributed by atoms with Crippen LogP contribution in [0.2, 0.25) is 10.0 Å². The first-order chi connectivity index (χ1) is 9.29. The topological polar surface area (TPSA) is 20.2 Å². The van der Waals surface area contributed by atoms with Crippen LogP contribution in [-0.4, -0.2) is 5.11 Å². The highest BCUT2D eigenvalue weighted by molar-refractivity contribution is 6.42. The van der Waals surface area contributed by atoms with Crippen LogP contribution in [0, 0.1) is 0 Å². The number of rotatable bonds is 2. The van der Waals surface area contributed by atoms with Gasteiger partial charge in [-0.3, -0.25) is 0 Å². The molecule has 2 rings (SSSR count). The number of benzene rings is 2. The van der Waals surface area contributed by atoms with Crippen LogP contribution in [0.4, 0.5) is 13.2 Å². The number of halogens is 5. The average Bonchev–Trinajstić information content (AvgIpc) is 2.40. The molecule has 0 heterocycles. The Morgan fingerprint density at radius 2 is 1.40 bits per heavy atom. The molecule has 1 N–H and O–H groups in total. The van der Waals surface area contributed by atoms with Crippen molar-refractivity contribution in [2.45, 2.75) is 12.3 Å². The Morgan fingerprint density at radius 3 is 1.90 bits per heavy atom. The first-order valence-electron chi connectivity index (χ1n) is 5.59. The molecule has 0 aliphatic rings. The number of hydrogen-bond donors (Lipinski definition) is 1. The molecule has 0 unspecified atom stereocenters. The van der Waals surface area contributed by atoms with Crippen LogP contribution >= 0.6 is 23.2 Å². The molecule has 6 heteroatoms. The lowest BCUT2D eigenvalue weighted by Crippen LogP contribution is -2.06. The minimum atomic E-state index is -4.40. The lowest BCUT2D eigenvalue weighted by atomic mass is 10.0. The summed E-state index contributed by atoms with van der Waals surface area (Å²) in [7, 11) is 0. The Labute approximate surface area is 123 Å². The van der Waals surface area contributed by atoms with Gasteiger partial charge in [-0.05, 0) is 35.4 Å². The molecule has 0 aromatic heterocycles. The second kappa shape index (κ2) is 5.64. The smallest absolute Gasteiger partial charge is 0.384 e. The molecule has 0 saturated heterocycles. The SMILES string of the molecule is O[C@H](c1ccc(C(F)(F)F)cc1)c1ccc(Cl)c(Cl)c1. The first-order valence-corrected chi connectivity index (χ1v) is 6.35. The van der Waals surface area contributed by atoms with E-state index in [0.29, 0.717) is 16.1 Å². The Kier molecular flexibility index (Phi) is 4.28. The summed E-state index contributed by atoms with van der Waals surface area (Å²) in [6.07, 6.45) is -5.46. The van der Waals surface area contributed by atoms with Crippen LogP contribution in [0.25, 0.3) is 0 Å². The number of aliphatic hydroxyl groups excluding tert-OH is 1. The lowest BCUT2D eigenvalue weighted by Gasteiger charge is -2.13. The van der Waals surface area contributed by atoms with E-state index in [1.165, 1.54) is 24.3 Å². The molecule has 2 aromatic carbocycles. The largest absolute Gasteiger partial charge is 0.416 e. The fourth-order valence-corrected chi connectivity index (χ4v) is 2.04. The molecule has 0 aliphatic carbocycles. The average molecular weight is 321 g/mol. The number of alkyl halides is 3. The second-order valence-electron chi connectivity index (χ2n) is 4.20. The maximum atomic E-state index is 12.4. The first kappa shape index (κ1) is 15.2. The Hall–Kier alpha value is -1.23. The van der Waals surface area contributed by atoms with Gasteiger partial charge in [0, 0.05) is 0 Å². The van der Waals surface area contributed by atoms with E-state index >= 15 is 0 Å². The fourth-order valence-electron chi connectivity index (χ4n) is 1.73. The predicted octanol–water partition coefficient (Wildman–Crippen LogP) is 5.09. The van der Waals surface area contributed by atoms with Gasteiger partial charge >= 0.3 is 6.18 Å². The zero-order valence-corrected chi connectivity index (χ0v) is 11.5. The van der Waals surface area contributed by atoms with Gasteiger partial charge in [0.15, 0.2) is 0 Å². The standard InChI is InChI=1S/C14H9Cl2F3O/c15-11-6-3-9(7-12(11)16)13(20)8-1-4-10(5-2-8)14(17,18)19/h1-7,13,20H/t13-/m1/s1. The molecule has 20 heavy (non-hydrogen) atoms. The van der Waals surface area contributed by atoms with E-state index in [9.17, 15) is 18.3 Å². The van der Waals surface area contributed by atoms with Gasteiger partial charge in [-0.15, -0.1) is 0 Å². The van der Waals surface area contributed by atoms with Gasteiger partial charge in [0.2, 0.25) is 0 Å². The summed E-state index contributed by atoms with van der Waals surface area (Å²) < 4.78 is 37.3. The van der Waals surface area contributed by atoms with Gasteiger partial charge in [-0.1, -0.05) is 41.4 Å². The van der Waals surface area contributed by atoms with Gasteiger partial charge in [-0.25, -0.2) is 0 Å². The van der Waals surface area contributed by atoms with E-state index < -0.39 is 17.8 Å². The van der Waals surface area contributed by atoms with E-state index in [-0.39, 0.29) is 5.02 Å². The molecule has 0 amide bonds. The molecule has 0 fully saturated rings. The molecule has 0 radical (unpaired) electrons. The van der Waals surface area contributed by atoms with Gasteiger partial charge in [0.05, 0.1) is 15.6 Å². The molecule has 106 valence electrons. The third-order valence-corrected chi connectivity index (χ3v) is 3.55. The van der Waals surface area contributed by atoms with Crippen molar-refractivity contribution in [1.29, 1.82) is 0 Å². The summed E-state index contributed by atoms with van der Waals surface area (Å²) in [5.74, 6) is 0. The predicted molar refractivity (Wildman–Crippen MR) is 72.0 cm³/mol. The van der Waals surface area contributed by atoms with Crippen molar-refractivity contribution in [2.24, 2.45) is 0 Å². The summed E-state index contributed by atoms with van der Waals surface area (Å²) in [6, 6.07) is 8.88. The maximum absolute atomic E-state index is 12.4. The van der Waals surface area contributed by atoms with E-state index in [1.54, 1.807) is 6.07 Å². The fraction of sp³-hybridized carbons (Fsp3) is 0.143. The van der Waals surface area contributed by atoms with Crippen molar-refractivity contribution >= 4 is 23.2 Å². The Bertz CT molecular complexity index is 609. The van der Waals surface area contributed by atoms with Crippen molar-refractivity contribution in [1.82, 2.24) is 0 Å². The minimum absolute atomic E-state index is 0.273. The lowest BCUT2D eigenvalue weighted by molar-refractivity contribution is -0.137. The van der Waals surface area contributed by atoms with E-state index in [2.05, 4.69) is 0 Å². The molecule has 0 bridgehead atoms. The monoisotopic (exact) mass is 320 g/mol. The van der Waals surface area contributed by atoms with Gasteiger partial charge in [0.1, 0.15) is 6.10 Å². The van der Waals surface area contributed by atoms with Crippen molar-refractivity contribution in [3.63, 3.8) is 0 Å². The molecular weight excluding hydrogens is 312 g/mol. The van der Waals surface area contributed by atoms with Crippen LogP contribution in [0.5, 0.6) is 0 Å². The molecule has 2 aromatic rings. The normalized spacial score (nSPS) is 13.3. The molecular formula is C14H9Cl2F3O. The Balaban J connectivity index is 2.29. The van der Waals surface area contributed by atoms with E-state index in [4.69, 9.17) is 23.2 Å². The second-order valence-corrected chi connectivity index (χ2v) is 5.01. The van der Waals surface area contributed by atoms with Crippen LogP contribution < -0.4 is 0 Å². The highest BCUT2D eigenvalue weighted by atomic mass is 35.5. The summed E-state index contributed by atoms with van der Waals surface area (Å²) >= 11 is 11.6. The van der Waals surface area contributed by atoms with Crippen LogP contribution in [0.3, 0.4) is 0 Å². The van der Waals surface area contributed by atoms with E-state index in [0.717, 1.165) is 12.1 Å². The third kappa shape index (κ3) is 3.26. The summed E-state index contributed by atoms with van der Waals surface area (Å²) in [4.78, 5) is 0. The highest BCUT2D eigenvalue weighted by Crippen LogP contribution is 2.32. The van der Waals surface area contributed by atoms with Crippen molar-refractivity contribution in [2.75, 3.05) is 0 Å². The van der Waals surface area contributed by atoms with Gasteiger partial charge in [-0.2, -0.15) is 13.2 Å². The third-order valence-electron chi connectivity index (χ3n) is 2.81. The van der Waals surface area contributed by atoms with Crippen LogP contribution in [-0.2, 0) is 6.18 Å². The molecule has 1 atom stereocenters. The highest BCUT2D eigenvalue weighted by Gasteiger charge is 2.30. The molecule has 0 saturated carbocycles. The van der Waals surface area contributed by atoms with Crippen molar-refractivity contribution in [3.8, 4) is 0 Å². The van der Waals surface area contributed by atoms with Crippen molar-refractivity contribution < 1.29 is 18.3 Å². The van der Waals surface area contributed by atoms with E-state index in [1.807, 2.05) is 0 Å². The van der Waals surface area contributed by atoms with Crippen molar-refractivity contribution in [3.05, 3.63) is 69.2 Å². The summed E-state index contributed by atoms with van der Waals surface area (Å²) in [5, 5.41) is 10.7. The molecule has 1 nitrogen and oxygen atoms in total. The number of aliphatic hydroxyl groups is 1. The maximum Gasteiger partial charge on any atom is 0.416 e. The summed E-state index contributed by atoms with van der Waals surface area (Å²) in [6.45, 7) is 0. The quantitative estimate of drug-likeness (QED) is 0.816. The zero-order valence-electron chi connectivity index (χ0n) is 9.96.